The molecule has 0 saturated heterocycles. The highest BCUT2D eigenvalue weighted by Gasteiger charge is 2.16. The zero-order valence-corrected chi connectivity index (χ0v) is 12.7. The van der Waals surface area contributed by atoms with Crippen molar-refractivity contribution in [3.8, 4) is 6.07 Å². The highest BCUT2D eigenvalue weighted by Crippen LogP contribution is 2.28. The van der Waals surface area contributed by atoms with Crippen LogP contribution >= 0.6 is 11.8 Å². The lowest BCUT2D eigenvalue weighted by Gasteiger charge is -2.16. The van der Waals surface area contributed by atoms with Gasteiger partial charge in [0, 0.05) is 5.69 Å². The van der Waals surface area contributed by atoms with Gasteiger partial charge in [-0.3, -0.25) is 0 Å². The van der Waals surface area contributed by atoms with Gasteiger partial charge < -0.3 is 11.5 Å². The van der Waals surface area contributed by atoms with Gasteiger partial charge in [0.15, 0.2) is 0 Å². The maximum atomic E-state index is 9.32. The molecule has 0 fully saturated rings. The Morgan fingerprint density at radius 1 is 1.09 bits per heavy atom. The average Bonchev–Trinajstić information content (AvgIpc) is 2.51. The second-order valence-corrected chi connectivity index (χ2v) is 5.99. The molecule has 0 saturated carbocycles. The molecule has 3 rings (SSSR count). The summed E-state index contributed by atoms with van der Waals surface area (Å²) in [6.07, 6.45) is 4.29. The van der Waals surface area contributed by atoms with Crippen LogP contribution in [0.1, 0.15) is 35.5 Å². The van der Waals surface area contributed by atoms with E-state index in [1.807, 2.05) is 6.07 Å². The molecule has 2 aromatic heterocycles. The minimum atomic E-state index is 0.0991. The van der Waals surface area contributed by atoms with Gasteiger partial charge >= 0.3 is 0 Å². The Morgan fingerprint density at radius 2 is 1.82 bits per heavy atom. The first kappa shape index (κ1) is 14.5. The van der Waals surface area contributed by atoms with Crippen molar-refractivity contribution in [2.24, 2.45) is 0 Å². The molecule has 1 aliphatic carbocycles. The topological polar surface area (TPSA) is 127 Å². The number of hydrogen-bond donors (Lipinski definition) is 2. The molecule has 7 nitrogen and oxygen atoms in total. The number of fused-ring (bicyclic) bond motifs is 1. The lowest BCUT2D eigenvalue weighted by atomic mass is 9.95. The van der Waals surface area contributed by atoms with Crippen molar-refractivity contribution in [2.45, 2.75) is 36.5 Å². The molecule has 0 atom stereocenters. The van der Waals surface area contributed by atoms with Crippen molar-refractivity contribution >= 4 is 23.7 Å². The number of nitrogens with zero attached hydrogens (tertiary/aromatic N) is 5. The van der Waals surface area contributed by atoms with E-state index in [1.54, 1.807) is 0 Å². The summed E-state index contributed by atoms with van der Waals surface area (Å²) in [5.74, 6) is 1.12. The van der Waals surface area contributed by atoms with Crippen LogP contribution in [-0.2, 0) is 18.6 Å². The summed E-state index contributed by atoms with van der Waals surface area (Å²) in [5, 5.41) is 10.0. The SMILES string of the molecule is N#Cc1cc2c(nc1SCc1nc(N)nc(N)n1)CCCC2. The van der Waals surface area contributed by atoms with E-state index >= 15 is 0 Å². The summed E-state index contributed by atoms with van der Waals surface area (Å²) >= 11 is 1.42. The van der Waals surface area contributed by atoms with Crippen molar-refractivity contribution in [3.05, 3.63) is 28.7 Å². The van der Waals surface area contributed by atoms with Crippen LogP contribution in [0.3, 0.4) is 0 Å². The number of hydrogen-bond acceptors (Lipinski definition) is 8. The van der Waals surface area contributed by atoms with Crippen LogP contribution in [0.4, 0.5) is 11.9 Å². The van der Waals surface area contributed by atoms with Gasteiger partial charge in [-0.25, -0.2) is 4.98 Å². The van der Waals surface area contributed by atoms with Crippen LogP contribution in [0.2, 0.25) is 0 Å². The Labute approximate surface area is 132 Å². The van der Waals surface area contributed by atoms with Gasteiger partial charge in [-0.05, 0) is 37.3 Å². The van der Waals surface area contributed by atoms with E-state index in [9.17, 15) is 5.26 Å². The molecule has 0 aromatic carbocycles. The number of aromatic nitrogens is 4. The number of rotatable bonds is 3. The normalized spacial score (nSPS) is 13.4. The van der Waals surface area contributed by atoms with Crippen LogP contribution in [0, 0.1) is 11.3 Å². The number of aryl methyl sites for hydroxylation is 2. The summed E-state index contributed by atoms with van der Waals surface area (Å²) in [6, 6.07) is 4.18. The molecule has 0 radical (unpaired) electrons. The van der Waals surface area contributed by atoms with Gasteiger partial charge in [-0.15, -0.1) is 0 Å². The van der Waals surface area contributed by atoms with Crippen LogP contribution in [0.25, 0.3) is 0 Å². The number of thioether (sulfide) groups is 1. The molecule has 0 spiro atoms. The zero-order chi connectivity index (χ0) is 15.5. The number of pyridine rings is 1. The molecular formula is C14H15N7S. The van der Waals surface area contributed by atoms with Gasteiger partial charge in [0.25, 0.3) is 0 Å². The van der Waals surface area contributed by atoms with Gasteiger partial charge in [-0.1, -0.05) is 11.8 Å². The van der Waals surface area contributed by atoms with E-state index in [2.05, 4.69) is 26.0 Å². The fourth-order valence-electron chi connectivity index (χ4n) is 2.46. The zero-order valence-electron chi connectivity index (χ0n) is 11.9. The van der Waals surface area contributed by atoms with E-state index in [0.29, 0.717) is 22.2 Å². The molecule has 8 heteroatoms. The molecule has 0 bridgehead atoms. The molecule has 2 aromatic rings. The van der Waals surface area contributed by atoms with Gasteiger partial charge in [0.05, 0.1) is 11.3 Å². The third-order valence-electron chi connectivity index (χ3n) is 3.44. The Morgan fingerprint density at radius 3 is 2.55 bits per heavy atom. The number of nitrogen functional groups attached to an aromatic ring is 2. The average molecular weight is 313 g/mol. The van der Waals surface area contributed by atoms with Crippen LogP contribution in [0.15, 0.2) is 11.1 Å². The van der Waals surface area contributed by atoms with Crippen molar-refractivity contribution in [3.63, 3.8) is 0 Å². The standard InChI is InChI=1S/C14H15N7S/c15-6-9-5-8-3-1-2-4-10(8)18-12(9)22-7-11-19-13(16)21-14(17)20-11/h5H,1-4,7H2,(H4,16,17,19,20,21). The minimum Gasteiger partial charge on any atom is -0.368 e. The van der Waals surface area contributed by atoms with Crippen LogP contribution in [-0.4, -0.2) is 19.9 Å². The fraction of sp³-hybridized carbons (Fsp3) is 0.357. The Kier molecular flexibility index (Phi) is 4.06. The van der Waals surface area contributed by atoms with Crippen LogP contribution in [0.5, 0.6) is 0 Å². The summed E-state index contributed by atoms with van der Waals surface area (Å²) in [4.78, 5) is 16.5. The number of nitrogens with two attached hydrogens (primary N) is 2. The van der Waals surface area contributed by atoms with Gasteiger partial charge in [-0.2, -0.15) is 20.2 Å². The van der Waals surface area contributed by atoms with E-state index < -0.39 is 0 Å². The first-order valence-corrected chi connectivity index (χ1v) is 7.96. The Hall–Kier alpha value is -2.40. The number of nitriles is 1. The lowest BCUT2D eigenvalue weighted by molar-refractivity contribution is 0.660. The molecule has 0 aliphatic heterocycles. The minimum absolute atomic E-state index is 0.0991. The summed E-state index contributed by atoms with van der Waals surface area (Å²) in [7, 11) is 0. The van der Waals surface area contributed by atoms with E-state index in [4.69, 9.17) is 11.5 Å². The Balaban J connectivity index is 1.84. The van der Waals surface area contributed by atoms with Crippen molar-refractivity contribution in [2.75, 3.05) is 11.5 Å². The molecule has 4 N–H and O–H groups in total. The van der Waals surface area contributed by atoms with E-state index in [-0.39, 0.29) is 11.9 Å². The van der Waals surface area contributed by atoms with Crippen molar-refractivity contribution in [1.29, 1.82) is 5.26 Å². The fourth-order valence-corrected chi connectivity index (χ4v) is 3.29. The quantitative estimate of drug-likeness (QED) is 0.815. The van der Waals surface area contributed by atoms with Gasteiger partial charge in [0.2, 0.25) is 11.9 Å². The summed E-state index contributed by atoms with van der Waals surface area (Å²) in [6.45, 7) is 0. The summed E-state index contributed by atoms with van der Waals surface area (Å²) < 4.78 is 0. The van der Waals surface area contributed by atoms with Gasteiger partial charge in [0.1, 0.15) is 16.9 Å². The monoisotopic (exact) mass is 313 g/mol. The maximum Gasteiger partial charge on any atom is 0.225 e. The maximum absolute atomic E-state index is 9.32. The molecule has 22 heavy (non-hydrogen) atoms. The van der Waals surface area contributed by atoms with E-state index in [1.165, 1.54) is 17.3 Å². The first-order valence-electron chi connectivity index (χ1n) is 6.97. The predicted octanol–water partition coefficient (Wildman–Crippen LogP) is 1.47. The molecule has 0 unspecified atom stereocenters. The molecule has 112 valence electrons. The molecule has 0 amide bonds. The van der Waals surface area contributed by atoms with E-state index in [0.717, 1.165) is 31.4 Å². The molecule has 1 aliphatic rings. The second-order valence-electron chi connectivity index (χ2n) is 5.02. The molecular weight excluding hydrogens is 298 g/mol. The first-order chi connectivity index (χ1) is 10.7. The third-order valence-corrected chi connectivity index (χ3v) is 4.43. The molecule has 2 heterocycles. The van der Waals surface area contributed by atoms with Crippen molar-refractivity contribution in [1.82, 2.24) is 19.9 Å². The predicted molar refractivity (Wildman–Crippen MR) is 83.8 cm³/mol. The Bertz CT molecular complexity index is 733. The highest BCUT2D eigenvalue weighted by molar-refractivity contribution is 7.98. The number of anilines is 2. The third kappa shape index (κ3) is 3.09. The van der Waals surface area contributed by atoms with Crippen molar-refractivity contribution < 1.29 is 0 Å². The largest absolute Gasteiger partial charge is 0.368 e. The smallest absolute Gasteiger partial charge is 0.225 e. The lowest BCUT2D eigenvalue weighted by Crippen LogP contribution is -2.08. The highest BCUT2D eigenvalue weighted by atomic mass is 32.2. The van der Waals surface area contributed by atoms with Crippen LogP contribution < -0.4 is 11.5 Å². The summed E-state index contributed by atoms with van der Waals surface area (Å²) in [5.41, 5.74) is 14.0. The second kappa shape index (κ2) is 6.15.